The number of rotatable bonds is 6. The van der Waals surface area contributed by atoms with Gasteiger partial charge in [-0.3, -0.25) is 9.52 Å². The van der Waals surface area contributed by atoms with Crippen LogP contribution in [0.4, 0.5) is 11.4 Å². The molecule has 0 aliphatic carbocycles. The van der Waals surface area contributed by atoms with Gasteiger partial charge in [0, 0.05) is 17.3 Å². The third-order valence-corrected chi connectivity index (χ3v) is 4.07. The van der Waals surface area contributed by atoms with Crippen LogP contribution in [0.25, 0.3) is 0 Å². The second-order valence-corrected chi connectivity index (χ2v) is 7.25. The van der Waals surface area contributed by atoms with Gasteiger partial charge in [0.1, 0.15) is 0 Å². The number of halogens is 1. The fourth-order valence-corrected chi connectivity index (χ4v) is 2.92. The minimum absolute atomic E-state index is 0.116. The summed E-state index contributed by atoms with van der Waals surface area (Å²) in [6.45, 7) is 0. The number of amides is 1. The lowest BCUT2D eigenvalue weighted by Gasteiger charge is -2.11. The van der Waals surface area contributed by atoms with Crippen LogP contribution in [0, 0.1) is 0 Å². The number of benzene rings is 2. The van der Waals surface area contributed by atoms with E-state index in [9.17, 15) is 13.2 Å². The summed E-state index contributed by atoms with van der Waals surface area (Å²) in [7, 11) is -0.442. The van der Waals surface area contributed by atoms with Gasteiger partial charge in [0.25, 0.3) is 5.91 Å². The Hall–Kier alpha value is -2.45. The molecular formula is C16H17ClN2O5S. The Morgan fingerprint density at radius 2 is 1.72 bits per heavy atom. The van der Waals surface area contributed by atoms with E-state index in [-0.39, 0.29) is 16.3 Å². The molecule has 0 fully saturated rings. The van der Waals surface area contributed by atoms with Gasteiger partial charge in [0.2, 0.25) is 10.0 Å². The summed E-state index contributed by atoms with van der Waals surface area (Å²) >= 11 is 6.03. The molecule has 134 valence electrons. The number of ether oxygens (including phenoxy) is 2. The highest BCUT2D eigenvalue weighted by Gasteiger charge is 2.12. The van der Waals surface area contributed by atoms with Crippen molar-refractivity contribution in [3.05, 3.63) is 47.0 Å². The standard InChI is InChI=1S/C16H17ClN2O5S/c1-23-14-7-5-11(9-15(14)24-2)18-16(20)10-4-6-13(12(17)8-10)19-25(3,21)22/h4-9,19H,1-3H3,(H,18,20). The molecule has 1 amide bonds. The Morgan fingerprint density at radius 1 is 1.04 bits per heavy atom. The average molecular weight is 385 g/mol. The number of hydrogen-bond acceptors (Lipinski definition) is 5. The second kappa shape index (κ2) is 7.62. The topological polar surface area (TPSA) is 93.7 Å². The van der Waals surface area contributed by atoms with Gasteiger partial charge in [-0.2, -0.15) is 0 Å². The highest BCUT2D eigenvalue weighted by molar-refractivity contribution is 7.92. The van der Waals surface area contributed by atoms with E-state index in [4.69, 9.17) is 21.1 Å². The lowest BCUT2D eigenvalue weighted by Crippen LogP contribution is -2.13. The van der Waals surface area contributed by atoms with Crippen molar-refractivity contribution >= 4 is 38.9 Å². The van der Waals surface area contributed by atoms with E-state index in [0.717, 1.165) is 6.26 Å². The predicted octanol–water partition coefficient (Wildman–Crippen LogP) is 2.98. The fourth-order valence-electron chi connectivity index (χ4n) is 2.06. The van der Waals surface area contributed by atoms with Gasteiger partial charge in [-0.25, -0.2) is 8.42 Å². The molecule has 2 N–H and O–H groups in total. The molecule has 0 bridgehead atoms. The summed E-state index contributed by atoms with van der Waals surface area (Å²) in [5, 5.41) is 2.82. The number of anilines is 2. The van der Waals surface area contributed by atoms with E-state index in [2.05, 4.69) is 10.0 Å². The zero-order valence-corrected chi connectivity index (χ0v) is 15.4. The van der Waals surface area contributed by atoms with Crippen LogP contribution in [0.3, 0.4) is 0 Å². The molecule has 0 atom stereocenters. The largest absolute Gasteiger partial charge is 0.493 e. The van der Waals surface area contributed by atoms with Crippen LogP contribution in [0.2, 0.25) is 5.02 Å². The highest BCUT2D eigenvalue weighted by atomic mass is 35.5. The van der Waals surface area contributed by atoms with Crippen LogP contribution in [0.1, 0.15) is 10.4 Å². The van der Waals surface area contributed by atoms with Crippen LogP contribution in [-0.4, -0.2) is 34.8 Å². The molecule has 0 heterocycles. The lowest BCUT2D eigenvalue weighted by molar-refractivity contribution is 0.102. The summed E-state index contributed by atoms with van der Waals surface area (Å²) in [4.78, 5) is 12.3. The Bertz CT molecular complexity index is 899. The van der Waals surface area contributed by atoms with Gasteiger partial charge in [-0.1, -0.05) is 11.6 Å². The van der Waals surface area contributed by atoms with Crippen LogP contribution in [-0.2, 0) is 10.0 Å². The van der Waals surface area contributed by atoms with Gasteiger partial charge < -0.3 is 14.8 Å². The Balaban J connectivity index is 2.20. The van der Waals surface area contributed by atoms with Crippen molar-refractivity contribution in [2.45, 2.75) is 0 Å². The van der Waals surface area contributed by atoms with Crippen molar-refractivity contribution in [2.24, 2.45) is 0 Å². The normalized spacial score (nSPS) is 10.9. The SMILES string of the molecule is COc1ccc(NC(=O)c2ccc(NS(C)(=O)=O)c(Cl)c2)cc1OC. The minimum Gasteiger partial charge on any atom is -0.493 e. The molecule has 0 saturated heterocycles. The second-order valence-electron chi connectivity index (χ2n) is 5.09. The monoisotopic (exact) mass is 384 g/mol. The first-order valence-corrected chi connectivity index (χ1v) is 9.31. The third-order valence-electron chi connectivity index (χ3n) is 3.17. The number of carbonyl (C=O) groups excluding carboxylic acids is 1. The van der Waals surface area contributed by atoms with Crippen molar-refractivity contribution in [1.82, 2.24) is 0 Å². The molecule has 0 aliphatic rings. The van der Waals surface area contributed by atoms with Crippen LogP contribution >= 0.6 is 11.6 Å². The lowest BCUT2D eigenvalue weighted by atomic mass is 10.2. The highest BCUT2D eigenvalue weighted by Crippen LogP contribution is 2.30. The number of hydrogen-bond donors (Lipinski definition) is 2. The molecule has 25 heavy (non-hydrogen) atoms. The molecule has 0 radical (unpaired) electrons. The number of carbonyl (C=O) groups is 1. The first kappa shape index (κ1) is 18.9. The third kappa shape index (κ3) is 5.01. The van der Waals surface area contributed by atoms with Crippen molar-refractivity contribution in [1.29, 1.82) is 0 Å². The molecule has 2 rings (SSSR count). The van der Waals surface area contributed by atoms with Crippen LogP contribution in [0.15, 0.2) is 36.4 Å². The zero-order valence-electron chi connectivity index (χ0n) is 13.8. The number of nitrogens with one attached hydrogen (secondary N) is 2. The summed E-state index contributed by atoms with van der Waals surface area (Å²) in [6.07, 6.45) is 1.01. The molecule has 0 unspecified atom stereocenters. The molecule has 9 heteroatoms. The van der Waals surface area contributed by atoms with E-state index in [0.29, 0.717) is 17.2 Å². The summed E-state index contributed by atoms with van der Waals surface area (Å²) < 4.78 is 35.1. The van der Waals surface area contributed by atoms with Gasteiger partial charge in [-0.15, -0.1) is 0 Å². The van der Waals surface area contributed by atoms with Crippen LogP contribution < -0.4 is 19.5 Å². The smallest absolute Gasteiger partial charge is 0.255 e. The van der Waals surface area contributed by atoms with Crippen molar-refractivity contribution < 1.29 is 22.7 Å². The van der Waals surface area contributed by atoms with E-state index in [1.54, 1.807) is 18.2 Å². The molecule has 2 aromatic rings. The van der Waals surface area contributed by atoms with Gasteiger partial charge in [0.05, 0.1) is 31.2 Å². The van der Waals surface area contributed by atoms with E-state index >= 15 is 0 Å². The Labute approximate surface area is 151 Å². The molecular weight excluding hydrogens is 368 g/mol. The maximum Gasteiger partial charge on any atom is 0.255 e. The van der Waals surface area contributed by atoms with E-state index in [1.165, 1.54) is 32.4 Å². The van der Waals surface area contributed by atoms with Crippen molar-refractivity contribution in [3.8, 4) is 11.5 Å². The molecule has 0 spiro atoms. The molecule has 7 nitrogen and oxygen atoms in total. The molecule has 0 aliphatic heterocycles. The summed E-state index contributed by atoms with van der Waals surface area (Å²) in [5.41, 5.74) is 0.989. The number of sulfonamides is 1. The van der Waals surface area contributed by atoms with Crippen LogP contribution in [0.5, 0.6) is 11.5 Å². The fraction of sp³-hybridized carbons (Fsp3) is 0.188. The molecule has 2 aromatic carbocycles. The maximum absolute atomic E-state index is 12.3. The maximum atomic E-state index is 12.3. The van der Waals surface area contributed by atoms with Gasteiger partial charge >= 0.3 is 0 Å². The average Bonchev–Trinajstić information content (AvgIpc) is 2.55. The summed E-state index contributed by atoms with van der Waals surface area (Å²) in [6, 6.07) is 9.23. The van der Waals surface area contributed by atoms with E-state index in [1.807, 2.05) is 0 Å². The predicted molar refractivity (Wildman–Crippen MR) is 97.4 cm³/mol. The van der Waals surface area contributed by atoms with E-state index < -0.39 is 15.9 Å². The van der Waals surface area contributed by atoms with Crippen molar-refractivity contribution in [2.75, 3.05) is 30.5 Å². The van der Waals surface area contributed by atoms with Gasteiger partial charge in [-0.05, 0) is 30.3 Å². The first-order valence-electron chi connectivity index (χ1n) is 7.04. The Morgan fingerprint density at radius 3 is 2.28 bits per heavy atom. The number of methoxy groups -OCH3 is 2. The quantitative estimate of drug-likeness (QED) is 0.798. The zero-order chi connectivity index (χ0) is 18.6. The first-order chi connectivity index (χ1) is 11.7. The minimum atomic E-state index is -3.46. The Kier molecular flexibility index (Phi) is 5.76. The van der Waals surface area contributed by atoms with Gasteiger partial charge in [0.15, 0.2) is 11.5 Å². The molecule has 0 aromatic heterocycles. The van der Waals surface area contributed by atoms with Crippen molar-refractivity contribution in [3.63, 3.8) is 0 Å². The summed E-state index contributed by atoms with van der Waals surface area (Å²) in [5.74, 6) is 0.616. The molecule has 0 saturated carbocycles.